The van der Waals surface area contributed by atoms with Gasteiger partial charge in [0.1, 0.15) is 17.6 Å². The fraction of sp³-hybridized carbons (Fsp3) is 0.200. The van der Waals surface area contributed by atoms with Gasteiger partial charge in [0.05, 0.1) is 4.90 Å². The van der Waals surface area contributed by atoms with Crippen molar-refractivity contribution in [2.75, 3.05) is 14.1 Å². The second-order valence-electron chi connectivity index (χ2n) is 5.16. The normalized spacial score (nSPS) is 12.0. The predicted molar refractivity (Wildman–Crippen MR) is 85.1 cm³/mol. The van der Waals surface area contributed by atoms with Crippen LogP contribution in [0.3, 0.4) is 0 Å². The van der Waals surface area contributed by atoms with Gasteiger partial charge in [-0.05, 0) is 29.0 Å². The molecule has 0 aliphatic heterocycles. The van der Waals surface area contributed by atoms with Crippen molar-refractivity contribution in [3.63, 3.8) is 0 Å². The second-order valence-corrected chi connectivity index (χ2v) is 7.31. The van der Waals surface area contributed by atoms with Gasteiger partial charge in [0.2, 0.25) is 10.0 Å². The fourth-order valence-corrected chi connectivity index (χ4v) is 2.98. The predicted octanol–water partition coefficient (Wildman–Crippen LogP) is 1.31. The lowest BCUT2D eigenvalue weighted by atomic mass is 10.2. The highest BCUT2D eigenvalue weighted by molar-refractivity contribution is 7.89. The van der Waals surface area contributed by atoms with Gasteiger partial charge >= 0.3 is 0 Å². The minimum absolute atomic E-state index is 0.168. The van der Waals surface area contributed by atoms with E-state index in [2.05, 4.69) is 10.3 Å². The lowest BCUT2D eigenvalue weighted by molar-refractivity contribution is 0.0751. The Labute approximate surface area is 134 Å². The van der Waals surface area contributed by atoms with E-state index in [0.717, 1.165) is 9.87 Å². The molecule has 1 heterocycles. The van der Waals surface area contributed by atoms with Crippen LogP contribution in [0.4, 0.5) is 0 Å². The molecule has 0 spiro atoms. The lowest BCUT2D eigenvalue weighted by Crippen LogP contribution is -2.22. The minimum atomic E-state index is -3.52. The first kappa shape index (κ1) is 15.4. The Bertz CT molecular complexity index is 920. The molecule has 2 aromatic carbocycles. The summed E-state index contributed by atoms with van der Waals surface area (Å²) < 4.78 is 25.6. The maximum Gasteiger partial charge on any atom is 0.242 e. The van der Waals surface area contributed by atoms with Crippen molar-refractivity contribution in [3.05, 3.63) is 54.1 Å². The topological polar surface area (TPSA) is 77.3 Å². The first-order valence-electron chi connectivity index (χ1n) is 6.94. The third kappa shape index (κ3) is 3.03. The molecule has 0 atom stereocenters. The van der Waals surface area contributed by atoms with Gasteiger partial charge in [-0.2, -0.15) is 0 Å². The molecule has 0 amide bonds. The molecule has 1 aromatic heterocycles. The molecule has 0 N–H and O–H groups in total. The number of hydrogen-bond donors (Lipinski definition) is 0. The number of nitrogens with zero attached hydrogens (tertiary/aromatic N) is 4. The van der Waals surface area contributed by atoms with E-state index in [9.17, 15) is 8.42 Å². The Morgan fingerprint density at radius 3 is 2.57 bits per heavy atom. The quantitative estimate of drug-likeness (QED) is 0.704. The van der Waals surface area contributed by atoms with Gasteiger partial charge in [0.15, 0.2) is 0 Å². The summed E-state index contributed by atoms with van der Waals surface area (Å²) in [6, 6.07) is 14.2. The van der Waals surface area contributed by atoms with E-state index in [0.29, 0.717) is 17.6 Å². The molecular formula is C15H16N4O3S. The zero-order valence-corrected chi connectivity index (χ0v) is 13.6. The van der Waals surface area contributed by atoms with Crippen LogP contribution in [0.2, 0.25) is 0 Å². The maximum absolute atomic E-state index is 12.2. The molecule has 0 bridgehead atoms. The van der Waals surface area contributed by atoms with Crippen LogP contribution in [0.5, 0.6) is 0 Å². The number of hydrogen-bond acceptors (Lipinski definition) is 5. The van der Waals surface area contributed by atoms with Gasteiger partial charge in [0.25, 0.3) is 0 Å². The van der Waals surface area contributed by atoms with Crippen molar-refractivity contribution in [3.8, 4) is 0 Å². The standard InChI is InChI=1S/C15H16N4O3S/c1-18(2)23(20,21)13-8-9-14-15(10-13)19(17-16-14)22-11-12-6-4-3-5-7-12/h3-10H,11H2,1-2H3. The number of benzene rings is 2. The summed E-state index contributed by atoms with van der Waals surface area (Å²) in [5.41, 5.74) is 2.05. The van der Waals surface area contributed by atoms with Crippen LogP contribution in [0.1, 0.15) is 5.56 Å². The summed E-state index contributed by atoms with van der Waals surface area (Å²) in [5.74, 6) is 0. The molecule has 0 aliphatic rings. The van der Waals surface area contributed by atoms with Crippen LogP contribution < -0.4 is 4.84 Å². The van der Waals surface area contributed by atoms with Gasteiger partial charge in [-0.25, -0.2) is 12.7 Å². The van der Waals surface area contributed by atoms with Crippen LogP contribution >= 0.6 is 0 Å². The summed E-state index contributed by atoms with van der Waals surface area (Å²) in [6.07, 6.45) is 0. The third-order valence-electron chi connectivity index (χ3n) is 3.36. The molecule has 0 radical (unpaired) electrons. The van der Waals surface area contributed by atoms with Crippen LogP contribution in [0.25, 0.3) is 11.0 Å². The van der Waals surface area contributed by atoms with Crippen molar-refractivity contribution in [2.45, 2.75) is 11.5 Å². The van der Waals surface area contributed by atoms with Gasteiger partial charge in [-0.15, -0.1) is 5.10 Å². The van der Waals surface area contributed by atoms with Gasteiger partial charge in [-0.3, -0.25) is 0 Å². The highest BCUT2D eigenvalue weighted by Gasteiger charge is 2.19. The van der Waals surface area contributed by atoms with Crippen molar-refractivity contribution in [2.24, 2.45) is 0 Å². The Morgan fingerprint density at radius 1 is 1.13 bits per heavy atom. The molecule has 0 fully saturated rings. The van der Waals surface area contributed by atoms with E-state index in [1.54, 1.807) is 6.07 Å². The van der Waals surface area contributed by atoms with E-state index in [4.69, 9.17) is 4.84 Å². The Balaban J connectivity index is 1.93. The maximum atomic E-state index is 12.2. The zero-order chi connectivity index (χ0) is 16.4. The molecule has 23 heavy (non-hydrogen) atoms. The number of fused-ring (bicyclic) bond motifs is 1. The lowest BCUT2D eigenvalue weighted by Gasteiger charge is -2.11. The number of aromatic nitrogens is 3. The van der Waals surface area contributed by atoms with E-state index in [1.807, 2.05) is 30.3 Å². The average molecular weight is 332 g/mol. The Kier molecular flexibility index (Phi) is 4.01. The summed E-state index contributed by atoms with van der Waals surface area (Å²) >= 11 is 0. The first-order chi connectivity index (χ1) is 11.0. The van der Waals surface area contributed by atoms with Crippen LogP contribution in [-0.4, -0.2) is 42.0 Å². The largest absolute Gasteiger partial charge is 0.390 e. The van der Waals surface area contributed by atoms with E-state index in [1.165, 1.54) is 31.1 Å². The molecule has 0 saturated carbocycles. The molecular weight excluding hydrogens is 316 g/mol. The molecule has 8 heteroatoms. The van der Waals surface area contributed by atoms with E-state index < -0.39 is 10.0 Å². The monoisotopic (exact) mass is 332 g/mol. The average Bonchev–Trinajstić information content (AvgIpc) is 2.96. The third-order valence-corrected chi connectivity index (χ3v) is 5.17. The molecule has 0 aliphatic carbocycles. The highest BCUT2D eigenvalue weighted by atomic mass is 32.2. The van der Waals surface area contributed by atoms with Crippen LogP contribution in [0.15, 0.2) is 53.4 Å². The minimum Gasteiger partial charge on any atom is -0.390 e. The van der Waals surface area contributed by atoms with Gasteiger partial charge in [-0.1, -0.05) is 35.2 Å². The van der Waals surface area contributed by atoms with Crippen molar-refractivity contribution in [1.29, 1.82) is 0 Å². The van der Waals surface area contributed by atoms with E-state index >= 15 is 0 Å². The Hall–Kier alpha value is -2.45. The SMILES string of the molecule is CN(C)S(=O)(=O)c1ccc2nnn(OCc3ccccc3)c2c1. The number of rotatable bonds is 5. The molecule has 0 unspecified atom stereocenters. The van der Waals surface area contributed by atoms with E-state index in [-0.39, 0.29) is 4.90 Å². The van der Waals surface area contributed by atoms with Crippen molar-refractivity contribution in [1.82, 2.24) is 19.5 Å². The molecule has 3 aromatic rings. The van der Waals surface area contributed by atoms with Crippen molar-refractivity contribution >= 4 is 21.1 Å². The smallest absolute Gasteiger partial charge is 0.242 e. The molecule has 120 valence electrons. The summed E-state index contributed by atoms with van der Waals surface area (Å²) in [5, 5.41) is 7.89. The zero-order valence-electron chi connectivity index (χ0n) is 12.7. The van der Waals surface area contributed by atoms with Crippen LogP contribution in [0, 0.1) is 0 Å². The molecule has 3 rings (SSSR count). The Morgan fingerprint density at radius 2 is 1.87 bits per heavy atom. The highest BCUT2D eigenvalue weighted by Crippen LogP contribution is 2.19. The number of sulfonamides is 1. The van der Waals surface area contributed by atoms with Gasteiger partial charge in [0, 0.05) is 14.1 Å². The summed E-state index contributed by atoms with van der Waals surface area (Å²) in [6.45, 7) is 0.309. The fourth-order valence-electron chi connectivity index (χ4n) is 2.05. The van der Waals surface area contributed by atoms with Crippen LogP contribution in [-0.2, 0) is 16.6 Å². The second kappa shape index (κ2) is 5.98. The molecule has 0 saturated heterocycles. The summed E-state index contributed by atoms with van der Waals surface area (Å²) in [7, 11) is -0.547. The molecule has 7 nitrogen and oxygen atoms in total. The summed E-state index contributed by atoms with van der Waals surface area (Å²) in [4.78, 5) is 7.02. The van der Waals surface area contributed by atoms with Gasteiger partial charge < -0.3 is 4.84 Å². The van der Waals surface area contributed by atoms with Crippen molar-refractivity contribution < 1.29 is 13.3 Å². The first-order valence-corrected chi connectivity index (χ1v) is 8.38.